The van der Waals surface area contributed by atoms with Gasteiger partial charge in [0.05, 0.1) is 16.1 Å². The number of benzene rings is 4. The van der Waals surface area contributed by atoms with E-state index in [1.165, 1.54) is 42.5 Å². The predicted octanol–water partition coefficient (Wildman–Crippen LogP) is 6.96. The fourth-order valence-corrected chi connectivity index (χ4v) is 4.11. The van der Waals surface area contributed by atoms with E-state index in [2.05, 4.69) is 5.32 Å². The summed E-state index contributed by atoms with van der Waals surface area (Å²) in [4.78, 5) is 24.8. The molecule has 1 atom stereocenters. The molecular weight excluding hydrogens is 538 g/mol. The Bertz CT molecular complexity index is 1520. The molecule has 10 heteroatoms. The van der Waals surface area contributed by atoms with Crippen molar-refractivity contribution in [1.82, 2.24) is 5.32 Å². The van der Waals surface area contributed by atoms with Gasteiger partial charge < -0.3 is 15.5 Å². The third-order valence-electron chi connectivity index (χ3n) is 6.04. The van der Waals surface area contributed by atoms with Crippen LogP contribution < -0.4 is 5.32 Å². The maximum absolute atomic E-state index is 13.4. The number of amides is 1. The zero-order chi connectivity index (χ0) is 28.3. The normalized spacial score (nSPS) is 12.1. The first kappa shape index (κ1) is 27.7. The van der Waals surface area contributed by atoms with E-state index < -0.39 is 41.2 Å². The number of carboxylic acid groups (broad SMARTS) is 1. The molecule has 0 bridgehead atoms. The zero-order valence-electron chi connectivity index (χ0n) is 20.0. The van der Waals surface area contributed by atoms with Crippen molar-refractivity contribution in [3.05, 3.63) is 112 Å². The number of phenols is 1. The number of rotatable bonds is 7. The summed E-state index contributed by atoms with van der Waals surface area (Å²) in [5.41, 5.74) is 1.64. The minimum atomic E-state index is -4.50. The van der Waals surface area contributed by atoms with Crippen molar-refractivity contribution < 1.29 is 37.4 Å². The number of hydrogen-bond acceptors (Lipinski definition) is 3. The minimum Gasteiger partial charge on any atom is -0.507 e. The lowest BCUT2D eigenvalue weighted by atomic mass is 9.99. The van der Waals surface area contributed by atoms with Crippen LogP contribution in [0.25, 0.3) is 22.3 Å². The third kappa shape index (κ3) is 6.56. The van der Waals surface area contributed by atoms with Crippen molar-refractivity contribution in [2.45, 2.75) is 18.6 Å². The molecule has 200 valence electrons. The van der Waals surface area contributed by atoms with Crippen LogP contribution in [-0.2, 0) is 17.4 Å². The van der Waals surface area contributed by atoms with E-state index in [0.717, 1.165) is 17.7 Å². The average molecular weight is 558 g/mol. The van der Waals surface area contributed by atoms with E-state index >= 15 is 0 Å². The highest BCUT2D eigenvalue weighted by Gasteiger charge is 2.30. The minimum absolute atomic E-state index is 0.0316. The summed E-state index contributed by atoms with van der Waals surface area (Å²) in [7, 11) is 0. The number of halogens is 5. The number of aromatic hydroxyl groups is 1. The summed E-state index contributed by atoms with van der Waals surface area (Å²) in [5.74, 6) is -3.15. The molecule has 0 spiro atoms. The first-order valence-corrected chi connectivity index (χ1v) is 11.9. The highest BCUT2D eigenvalue weighted by molar-refractivity contribution is 6.31. The quantitative estimate of drug-likeness (QED) is 0.214. The van der Waals surface area contributed by atoms with Gasteiger partial charge in [-0.25, -0.2) is 9.18 Å². The Kier molecular flexibility index (Phi) is 7.92. The molecular formula is C29H20ClF4NO4. The van der Waals surface area contributed by atoms with Crippen molar-refractivity contribution in [3.63, 3.8) is 0 Å². The molecule has 0 aromatic heterocycles. The Morgan fingerprint density at radius 1 is 0.821 bits per heavy atom. The first-order valence-electron chi connectivity index (χ1n) is 11.5. The van der Waals surface area contributed by atoms with Gasteiger partial charge in [-0.3, -0.25) is 4.79 Å². The molecule has 4 aromatic carbocycles. The second-order valence-corrected chi connectivity index (χ2v) is 9.11. The average Bonchev–Trinajstić information content (AvgIpc) is 2.90. The van der Waals surface area contributed by atoms with Gasteiger partial charge in [0.15, 0.2) is 0 Å². The van der Waals surface area contributed by atoms with Crippen LogP contribution in [0.1, 0.15) is 21.5 Å². The summed E-state index contributed by atoms with van der Waals surface area (Å²) in [6, 6.07) is 17.8. The molecule has 0 radical (unpaired) electrons. The van der Waals surface area contributed by atoms with E-state index in [9.17, 15) is 37.4 Å². The number of hydrogen-bond donors (Lipinski definition) is 3. The molecule has 0 saturated heterocycles. The van der Waals surface area contributed by atoms with E-state index in [0.29, 0.717) is 22.3 Å². The van der Waals surface area contributed by atoms with Gasteiger partial charge in [0.1, 0.15) is 17.6 Å². The van der Waals surface area contributed by atoms with Crippen molar-refractivity contribution in [2.75, 3.05) is 0 Å². The monoisotopic (exact) mass is 557 g/mol. The van der Waals surface area contributed by atoms with Crippen LogP contribution in [0.2, 0.25) is 5.02 Å². The number of carbonyl (C=O) groups excluding carboxylic acids is 1. The molecule has 4 rings (SSSR count). The highest BCUT2D eigenvalue weighted by atomic mass is 35.5. The number of carboxylic acids is 1. The fourth-order valence-electron chi connectivity index (χ4n) is 3.93. The first-order chi connectivity index (χ1) is 18.4. The Balaban J connectivity index is 1.50. The molecule has 1 amide bonds. The molecule has 0 aliphatic heterocycles. The van der Waals surface area contributed by atoms with Crippen LogP contribution in [0.4, 0.5) is 17.6 Å². The van der Waals surface area contributed by atoms with Crippen LogP contribution in [-0.4, -0.2) is 28.1 Å². The number of carbonyl (C=O) groups is 2. The van der Waals surface area contributed by atoms with Crippen molar-refractivity contribution in [3.8, 4) is 28.0 Å². The third-order valence-corrected chi connectivity index (χ3v) is 6.33. The van der Waals surface area contributed by atoms with Gasteiger partial charge >= 0.3 is 12.1 Å². The number of phenolic OH excluding ortho intramolecular Hbond substituents is 1. The van der Waals surface area contributed by atoms with Gasteiger partial charge in [-0.1, -0.05) is 60.1 Å². The van der Waals surface area contributed by atoms with Crippen LogP contribution in [0.15, 0.2) is 84.9 Å². The lowest BCUT2D eigenvalue weighted by molar-refractivity contribution is -0.139. The van der Waals surface area contributed by atoms with Gasteiger partial charge in [-0.15, -0.1) is 0 Å². The van der Waals surface area contributed by atoms with E-state index in [4.69, 9.17) is 11.6 Å². The zero-order valence-corrected chi connectivity index (χ0v) is 20.7. The standard InChI is InChI=1S/C29H20ClF4NO4/c30-23-15-20(7-11-24(23)31)17-3-1-16(2-4-17)13-25(28(38)39)35-27(37)22-14-19(8-12-26(22)36)18-5-9-21(10-6-18)29(32,33)34/h1-12,14-15,25,36H,13H2,(H,35,37)(H,38,39). The molecule has 5 nitrogen and oxygen atoms in total. The Labute approximate surface area is 225 Å². The predicted molar refractivity (Wildman–Crippen MR) is 138 cm³/mol. The molecule has 1 unspecified atom stereocenters. The van der Waals surface area contributed by atoms with Gasteiger partial charge in [0, 0.05) is 6.42 Å². The maximum atomic E-state index is 13.4. The van der Waals surface area contributed by atoms with Crippen LogP contribution in [0.3, 0.4) is 0 Å². The SMILES string of the molecule is O=C(NC(Cc1ccc(-c2ccc(F)c(Cl)c2)cc1)C(=O)O)c1cc(-c2ccc(C(F)(F)F)cc2)ccc1O. The molecule has 0 aliphatic carbocycles. The smallest absolute Gasteiger partial charge is 0.416 e. The summed E-state index contributed by atoms with van der Waals surface area (Å²) in [5, 5.41) is 22.3. The maximum Gasteiger partial charge on any atom is 0.416 e. The molecule has 0 saturated carbocycles. The van der Waals surface area contributed by atoms with E-state index in [1.54, 1.807) is 30.3 Å². The van der Waals surface area contributed by atoms with Gasteiger partial charge in [-0.2, -0.15) is 13.2 Å². The number of alkyl halides is 3. The summed E-state index contributed by atoms with van der Waals surface area (Å²) in [6.45, 7) is 0. The summed E-state index contributed by atoms with van der Waals surface area (Å²) in [6.07, 6.45) is -4.58. The van der Waals surface area contributed by atoms with Gasteiger partial charge in [-0.05, 0) is 64.2 Å². The molecule has 4 aromatic rings. The molecule has 0 aliphatic rings. The summed E-state index contributed by atoms with van der Waals surface area (Å²) >= 11 is 5.84. The van der Waals surface area contributed by atoms with Crippen molar-refractivity contribution in [1.29, 1.82) is 0 Å². The lowest BCUT2D eigenvalue weighted by Crippen LogP contribution is -2.42. The van der Waals surface area contributed by atoms with Crippen molar-refractivity contribution >= 4 is 23.5 Å². The van der Waals surface area contributed by atoms with Crippen molar-refractivity contribution in [2.24, 2.45) is 0 Å². The van der Waals surface area contributed by atoms with Crippen LogP contribution >= 0.6 is 11.6 Å². The molecule has 0 heterocycles. The van der Waals surface area contributed by atoms with Crippen LogP contribution in [0.5, 0.6) is 5.75 Å². The van der Waals surface area contributed by atoms with E-state index in [1.807, 2.05) is 0 Å². The topological polar surface area (TPSA) is 86.6 Å². The second kappa shape index (κ2) is 11.2. The molecule has 3 N–H and O–H groups in total. The molecule has 0 fully saturated rings. The summed E-state index contributed by atoms with van der Waals surface area (Å²) < 4.78 is 52.0. The highest BCUT2D eigenvalue weighted by Crippen LogP contribution is 2.32. The van der Waals surface area contributed by atoms with Crippen LogP contribution in [0, 0.1) is 5.82 Å². The number of aliphatic carboxylic acids is 1. The second-order valence-electron chi connectivity index (χ2n) is 8.70. The Hall–Kier alpha value is -4.37. The fraction of sp³-hybridized carbons (Fsp3) is 0.103. The Morgan fingerprint density at radius 3 is 1.92 bits per heavy atom. The molecule has 39 heavy (non-hydrogen) atoms. The van der Waals surface area contributed by atoms with Gasteiger partial charge in [0.2, 0.25) is 0 Å². The Morgan fingerprint density at radius 2 is 1.36 bits per heavy atom. The number of nitrogens with one attached hydrogen (secondary N) is 1. The van der Waals surface area contributed by atoms with Gasteiger partial charge in [0.25, 0.3) is 5.91 Å². The van der Waals surface area contributed by atoms with E-state index in [-0.39, 0.29) is 17.0 Å². The largest absolute Gasteiger partial charge is 0.507 e. The lowest BCUT2D eigenvalue weighted by Gasteiger charge is -2.16.